The molecule has 2 aliphatic rings. The molecule has 0 atom stereocenters. The van der Waals surface area contributed by atoms with Gasteiger partial charge in [0.1, 0.15) is 0 Å². The van der Waals surface area contributed by atoms with Crippen LogP contribution in [0.1, 0.15) is 48.5 Å². The first-order chi connectivity index (χ1) is 17.7. The number of carbonyl (C=O) groups is 1. The summed E-state index contributed by atoms with van der Waals surface area (Å²) in [6, 6.07) is 13.7. The number of hydrogen-bond donors (Lipinski definition) is 1. The largest absolute Gasteiger partial charge is 0.322 e. The number of rotatable bonds is 8. The van der Waals surface area contributed by atoms with Gasteiger partial charge in [-0.05, 0) is 61.7 Å². The molecular weight excluding hydrogens is 512 g/mol. The smallest absolute Gasteiger partial charge is 0.255 e. The van der Waals surface area contributed by atoms with Crippen molar-refractivity contribution in [2.45, 2.75) is 44.0 Å². The van der Waals surface area contributed by atoms with Gasteiger partial charge in [-0.3, -0.25) is 9.69 Å². The summed E-state index contributed by atoms with van der Waals surface area (Å²) in [6.07, 6.45) is 3.87. The van der Waals surface area contributed by atoms with Crippen molar-refractivity contribution in [2.75, 3.05) is 50.3 Å². The monoisotopic (exact) mass is 548 g/mol. The number of nitrogens with zero attached hydrogens (tertiary/aromatic N) is 3. The fourth-order valence-corrected chi connectivity index (χ4v) is 7.31. The average molecular weight is 549 g/mol. The summed E-state index contributed by atoms with van der Waals surface area (Å²) in [5.41, 5.74) is 2.08. The third-order valence-electron chi connectivity index (χ3n) is 7.03. The minimum Gasteiger partial charge on any atom is -0.322 e. The number of anilines is 1. The molecule has 2 aliphatic heterocycles. The molecule has 0 saturated carbocycles. The Morgan fingerprint density at radius 1 is 0.757 bits per heavy atom. The molecule has 9 nitrogen and oxygen atoms in total. The molecule has 1 N–H and O–H groups in total. The van der Waals surface area contributed by atoms with Crippen LogP contribution in [-0.2, 0) is 26.6 Å². The van der Waals surface area contributed by atoms with E-state index in [1.165, 1.54) is 0 Å². The molecule has 202 valence electrons. The number of nitrogens with one attached hydrogen (secondary N) is 1. The summed E-state index contributed by atoms with van der Waals surface area (Å²) in [5.74, 6) is -0.147. The predicted octanol–water partition coefficient (Wildman–Crippen LogP) is 2.97. The van der Waals surface area contributed by atoms with Crippen LogP contribution in [0.5, 0.6) is 0 Å². The number of sulfonamides is 2. The summed E-state index contributed by atoms with van der Waals surface area (Å²) < 4.78 is 53.1. The highest BCUT2D eigenvalue weighted by Crippen LogP contribution is 2.22. The molecule has 2 heterocycles. The lowest BCUT2D eigenvalue weighted by Crippen LogP contribution is -2.48. The highest BCUT2D eigenvalue weighted by Gasteiger charge is 2.26. The van der Waals surface area contributed by atoms with Crippen molar-refractivity contribution in [1.82, 2.24) is 13.5 Å². The van der Waals surface area contributed by atoms with Crippen molar-refractivity contribution in [1.29, 1.82) is 0 Å². The van der Waals surface area contributed by atoms with E-state index >= 15 is 0 Å². The maximum atomic E-state index is 12.9. The molecule has 11 heteroatoms. The van der Waals surface area contributed by atoms with E-state index in [9.17, 15) is 21.6 Å². The molecule has 2 saturated heterocycles. The molecule has 2 fully saturated rings. The van der Waals surface area contributed by atoms with Crippen LogP contribution in [-0.4, -0.2) is 81.3 Å². The number of hydrogen-bond acceptors (Lipinski definition) is 6. The highest BCUT2D eigenvalue weighted by molar-refractivity contribution is 7.89. The molecule has 0 aromatic heterocycles. The topological polar surface area (TPSA) is 107 Å². The molecule has 0 bridgehead atoms. The van der Waals surface area contributed by atoms with E-state index < -0.39 is 20.0 Å². The normalized spacial score (nSPS) is 18.8. The minimum atomic E-state index is -3.53. The Balaban J connectivity index is 1.31. The molecule has 4 rings (SSSR count). The molecule has 1 amide bonds. The molecule has 0 aliphatic carbocycles. The molecule has 2 aromatic rings. The van der Waals surface area contributed by atoms with Gasteiger partial charge in [-0.1, -0.05) is 25.0 Å². The third-order valence-corrected chi connectivity index (χ3v) is 10.8. The quantitative estimate of drug-likeness (QED) is 0.544. The maximum absolute atomic E-state index is 12.9. The van der Waals surface area contributed by atoms with Gasteiger partial charge in [0.15, 0.2) is 0 Å². The van der Waals surface area contributed by atoms with Gasteiger partial charge in [0.05, 0.1) is 10.6 Å². The lowest BCUT2D eigenvalue weighted by molar-refractivity contribution is 0.102. The molecular formula is C26H36N4O5S2. The van der Waals surface area contributed by atoms with E-state index in [0.717, 1.165) is 31.2 Å². The lowest BCUT2D eigenvalue weighted by Gasteiger charge is -2.33. The Kier molecular flexibility index (Phi) is 9.02. The third kappa shape index (κ3) is 6.97. The first kappa shape index (κ1) is 27.7. The first-order valence-electron chi connectivity index (χ1n) is 12.9. The lowest BCUT2D eigenvalue weighted by atomic mass is 10.1. The van der Waals surface area contributed by atoms with Crippen LogP contribution in [0.2, 0.25) is 0 Å². The van der Waals surface area contributed by atoms with Crippen LogP contribution < -0.4 is 5.32 Å². The Hall–Kier alpha value is -2.31. The van der Waals surface area contributed by atoms with Crippen molar-refractivity contribution in [3.05, 3.63) is 59.7 Å². The standard InChI is InChI=1S/C26H36N4O5S2/c1-2-36(32,33)29-19-17-28(18-20-29)21-22-7-9-23(10-8-22)26(31)27-24-11-13-25(14-12-24)37(34,35)30-15-5-3-4-6-16-30/h7-14H,2-6,15-21H2,1H3,(H,27,31). The fourth-order valence-electron chi connectivity index (χ4n) is 4.71. The van der Waals surface area contributed by atoms with Crippen LogP contribution in [0.15, 0.2) is 53.4 Å². The second-order valence-corrected chi connectivity index (χ2v) is 13.8. The first-order valence-corrected chi connectivity index (χ1v) is 15.9. The number of piperazine rings is 1. The Labute approximate surface area is 220 Å². The van der Waals surface area contributed by atoms with E-state index in [-0.39, 0.29) is 16.6 Å². The predicted molar refractivity (Wildman–Crippen MR) is 144 cm³/mol. The van der Waals surface area contributed by atoms with Gasteiger partial charge >= 0.3 is 0 Å². The average Bonchev–Trinajstić information content (AvgIpc) is 3.20. The van der Waals surface area contributed by atoms with Crippen molar-refractivity contribution >= 4 is 31.6 Å². The molecule has 0 spiro atoms. The number of amides is 1. The van der Waals surface area contributed by atoms with E-state index in [1.807, 2.05) is 12.1 Å². The molecule has 0 unspecified atom stereocenters. The van der Waals surface area contributed by atoms with E-state index in [4.69, 9.17) is 0 Å². The van der Waals surface area contributed by atoms with Crippen LogP contribution in [0.3, 0.4) is 0 Å². The zero-order chi connectivity index (χ0) is 26.5. The van der Waals surface area contributed by atoms with Gasteiger partial charge in [0.2, 0.25) is 20.0 Å². The fraction of sp³-hybridized carbons (Fsp3) is 0.500. The summed E-state index contributed by atoms with van der Waals surface area (Å²) in [6.45, 7) is 5.78. The second-order valence-electron chi connectivity index (χ2n) is 9.57. The van der Waals surface area contributed by atoms with Gasteiger partial charge in [-0.15, -0.1) is 0 Å². The van der Waals surface area contributed by atoms with Crippen LogP contribution in [0.25, 0.3) is 0 Å². The Morgan fingerprint density at radius 3 is 1.92 bits per heavy atom. The van der Waals surface area contributed by atoms with Gasteiger partial charge in [0.25, 0.3) is 5.91 Å². The van der Waals surface area contributed by atoms with Gasteiger partial charge in [-0.25, -0.2) is 16.8 Å². The zero-order valence-electron chi connectivity index (χ0n) is 21.3. The van der Waals surface area contributed by atoms with E-state index in [1.54, 1.807) is 51.9 Å². The molecule has 2 aromatic carbocycles. The van der Waals surface area contributed by atoms with Gasteiger partial charge in [-0.2, -0.15) is 8.61 Å². The van der Waals surface area contributed by atoms with Crippen molar-refractivity contribution < 1.29 is 21.6 Å². The Bertz CT molecular complexity index is 1260. The van der Waals surface area contributed by atoms with Crippen molar-refractivity contribution in [2.24, 2.45) is 0 Å². The summed E-state index contributed by atoms with van der Waals surface area (Å²) in [7, 11) is -6.67. The summed E-state index contributed by atoms with van der Waals surface area (Å²) in [4.78, 5) is 15.2. The van der Waals surface area contributed by atoms with Gasteiger partial charge in [0, 0.05) is 57.1 Å². The molecule has 37 heavy (non-hydrogen) atoms. The number of carbonyl (C=O) groups excluding carboxylic acids is 1. The SMILES string of the molecule is CCS(=O)(=O)N1CCN(Cc2ccc(C(=O)Nc3ccc(S(=O)(=O)N4CCCCCC4)cc3)cc2)CC1. The Morgan fingerprint density at radius 2 is 1.35 bits per heavy atom. The van der Waals surface area contributed by atoms with Crippen molar-refractivity contribution in [3.8, 4) is 0 Å². The van der Waals surface area contributed by atoms with E-state index in [2.05, 4.69) is 10.2 Å². The van der Waals surface area contributed by atoms with Crippen LogP contribution in [0.4, 0.5) is 5.69 Å². The minimum absolute atomic E-state index is 0.123. The van der Waals surface area contributed by atoms with Crippen LogP contribution >= 0.6 is 0 Å². The van der Waals surface area contributed by atoms with Gasteiger partial charge < -0.3 is 5.32 Å². The highest BCUT2D eigenvalue weighted by atomic mass is 32.2. The zero-order valence-corrected chi connectivity index (χ0v) is 22.9. The van der Waals surface area contributed by atoms with Crippen molar-refractivity contribution in [3.63, 3.8) is 0 Å². The second kappa shape index (κ2) is 12.0. The maximum Gasteiger partial charge on any atom is 0.255 e. The van der Waals surface area contributed by atoms with E-state index in [0.29, 0.717) is 57.1 Å². The number of benzene rings is 2. The summed E-state index contributed by atoms with van der Waals surface area (Å²) >= 11 is 0. The molecule has 0 radical (unpaired) electrons. The summed E-state index contributed by atoms with van der Waals surface area (Å²) in [5, 5.41) is 2.83. The van der Waals surface area contributed by atoms with Crippen LogP contribution in [0, 0.1) is 0 Å².